The number of piperidine rings is 1. The molecule has 2 heterocycles. The van der Waals surface area contributed by atoms with Crippen molar-refractivity contribution in [3.05, 3.63) is 33.3 Å². The van der Waals surface area contributed by atoms with Crippen LogP contribution in [0.5, 0.6) is 0 Å². The van der Waals surface area contributed by atoms with Gasteiger partial charge in [-0.15, -0.1) is 0 Å². The van der Waals surface area contributed by atoms with Crippen molar-refractivity contribution in [1.82, 2.24) is 4.90 Å². The molecule has 1 N–H and O–H groups in total. The Morgan fingerprint density at radius 1 is 1.25 bits per heavy atom. The molecule has 3 rings (SSSR count). The number of carbonyl (C=O) groups is 1. The Balaban J connectivity index is 2.00. The third kappa shape index (κ3) is 2.32. The second kappa shape index (κ2) is 5.21. The number of rotatable bonds is 2. The van der Waals surface area contributed by atoms with Crippen LogP contribution >= 0.6 is 23.2 Å². The number of hydrogen-bond donors (Lipinski definition) is 1. The van der Waals surface area contributed by atoms with E-state index < -0.39 is 5.97 Å². The molecule has 1 aromatic rings. The van der Waals surface area contributed by atoms with E-state index in [0.29, 0.717) is 22.1 Å². The molecule has 0 saturated carbocycles. The number of fused-ring (bicyclic) bond motifs is 2. The lowest BCUT2D eigenvalue weighted by atomic mass is 9.83. The van der Waals surface area contributed by atoms with Crippen LogP contribution in [0.25, 0.3) is 0 Å². The molecule has 3 nitrogen and oxygen atoms in total. The van der Waals surface area contributed by atoms with E-state index in [1.807, 2.05) is 0 Å². The van der Waals surface area contributed by atoms with E-state index in [0.717, 1.165) is 18.4 Å². The first-order chi connectivity index (χ1) is 9.47. The van der Waals surface area contributed by atoms with Crippen LogP contribution in [0.3, 0.4) is 0 Å². The van der Waals surface area contributed by atoms with Crippen molar-refractivity contribution < 1.29 is 9.90 Å². The topological polar surface area (TPSA) is 40.5 Å². The van der Waals surface area contributed by atoms with Crippen molar-refractivity contribution in [2.24, 2.45) is 0 Å². The fraction of sp³-hybridized carbons (Fsp3) is 0.533. The molecule has 2 unspecified atom stereocenters. The van der Waals surface area contributed by atoms with Gasteiger partial charge in [-0.25, -0.2) is 4.79 Å². The predicted octanol–water partition coefficient (Wildman–Crippen LogP) is 4.03. The number of aromatic carboxylic acids is 1. The Kier molecular flexibility index (Phi) is 3.69. The van der Waals surface area contributed by atoms with Gasteiger partial charge in [0.2, 0.25) is 0 Å². The van der Waals surface area contributed by atoms with Gasteiger partial charge in [0.05, 0.1) is 5.56 Å². The van der Waals surface area contributed by atoms with Crippen molar-refractivity contribution in [3.63, 3.8) is 0 Å². The lowest BCUT2D eigenvalue weighted by molar-refractivity contribution is 0.0693. The number of carboxylic acids is 1. The Morgan fingerprint density at radius 2 is 1.85 bits per heavy atom. The molecule has 1 aromatic carbocycles. The van der Waals surface area contributed by atoms with Crippen molar-refractivity contribution >= 4 is 29.2 Å². The Labute approximate surface area is 128 Å². The van der Waals surface area contributed by atoms with Crippen LogP contribution in [0.2, 0.25) is 10.0 Å². The molecule has 2 fully saturated rings. The molecule has 2 atom stereocenters. The number of benzene rings is 1. The quantitative estimate of drug-likeness (QED) is 0.896. The molecule has 0 aliphatic carbocycles. The van der Waals surface area contributed by atoms with Crippen LogP contribution < -0.4 is 0 Å². The SMILES string of the molecule is CN1C2CCC1CC(c1c(Cl)cc(Cl)cc1C(=O)O)C2. The summed E-state index contributed by atoms with van der Waals surface area (Å²) in [5, 5.41) is 10.3. The Hall–Kier alpha value is -0.770. The molecule has 108 valence electrons. The molecule has 0 amide bonds. The van der Waals surface area contributed by atoms with Gasteiger partial charge in [-0.05, 0) is 56.3 Å². The van der Waals surface area contributed by atoms with Gasteiger partial charge in [0, 0.05) is 22.1 Å². The van der Waals surface area contributed by atoms with E-state index in [1.165, 1.54) is 18.9 Å². The monoisotopic (exact) mass is 313 g/mol. The van der Waals surface area contributed by atoms with E-state index in [1.54, 1.807) is 6.07 Å². The van der Waals surface area contributed by atoms with Crippen molar-refractivity contribution in [2.45, 2.75) is 43.7 Å². The van der Waals surface area contributed by atoms with Crippen molar-refractivity contribution in [3.8, 4) is 0 Å². The summed E-state index contributed by atoms with van der Waals surface area (Å²) < 4.78 is 0. The van der Waals surface area contributed by atoms with E-state index >= 15 is 0 Å². The summed E-state index contributed by atoms with van der Waals surface area (Å²) in [5.74, 6) is -0.727. The molecule has 2 aliphatic heterocycles. The van der Waals surface area contributed by atoms with Gasteiger partial charge >= 0.3 is 5.97 Å². The maximum atomic E-state index is 11.5. The zero-order chi connectivity index (χ0) is 14.4. The lowest BCUT2D eigenvalue weighted by Crippen LogP contribution is -2.39. The van der Waals surface area contributed by atoms with Crippen LogP contribution in [0.4, 0.5) is 0 Å². The highest BCUT2D eigenvalue weighted by atomic mass is 35.5. The highest BCUT2D eigenvalue weighted by Crippen LogP contribution is 2.45. The molecule has 2 aliphatic rings. The molecular weight excluding hydrogens is 297 g/mol. The summed E-state index contributed by atoms with van der Waals surface area (Å²) in [7, 11) is 2.17. The van der Waals surface area contributed by atoms with Crippen LogP contribution in [0, 0.1) is 0 Å². The third-order valence-electron chi connectivity index (χ3n) is 4.83. The number of halogens is 2. The van der Waals surface area contributed by atoms with Crippen LogP contribution in [-0.2, 0) is 0 Å². The minimum atomic E-state index is -0.948. The minimum absolute atomic E-state index is 0.222. The number of hydrogen-bond acceptors (Lipinski definition) is 2. The molecule has 20 heavy (non-hydrogen) atoms. The molecule has 5 heteroatoms. The van der Waals surface area contributed by atoms with Gasteiger partial charge in [-0.2, -0.15) is 0 Å². The number of carboxylic acid groups (broad SMARTS) is 1. The van der Waals surface area contributed by atoms with Gasteiger partial charge in [-0.3, -0.25) is 0 Å². The smallest absolute Gasteiger partial charge is 0.336 e. The highest BCUT2D eigenvalue weighted by Gasteiger charge is 2.40. The lowest BCUT2D eigenvalue weighted by Gasteiger charge is -2.37. The maximum Gasteiger partial charge on any atom is 0.336 e. The minimum Gasteiger partial charge on any atom is -0.478 e. The van der Waals surface area contributed by atoms with Gasteiger partial charge in [-0.1, -0.05) is 23.2 Å². The standard InChI is InChI=1S/C15H17Cl2NO2/c1-18-10-2-3-11(18)5-8(4-10)14-12(15(19)20)6-9(16)7-13(14)17/h6-8,10-11H,2-5H2,1H3,(H,19,20). The van der Waals surface area contributed by atoms with E-state index in [4.69, 9.17) is 23.2 Å². The van der Waals surface area contributed by atoms with E-state index in [9.17, 15) is 9.90 Å². The molecule has 2 saturated heterocycles. The Morgan fingerprint density at radius 3 is 2.40 bits per heavy atom. The molecule has 0 spiro atoms. The van der Waals surface area contributed by atoms with Crippen LogP contribution in [0.1, 0.15) is 47.5 Å². The molecule has 0 radical (unpaired) electrons. The second-order valence-corrected chi connectivity index (χ2v) is 6.72. The summed E-state index contributed by atoms with van der Waals surface area (Å²) >= 11 is 12.2. The van der Waals surface area contributed by atoms with Crippen LogP contribution in [0.15, 0.2) is 12.1 Å². The largest absolute Gasteiger partial charge is 0.478 e. The van der Waals surface area contributed by atoms with Crippen molar-refractivity contribution in [1.29, 1.82) is 0 Å². The first-order valence-corrected chi connectivity index (χ1v) is 7.67. The van der Waals surface area contributed by atoms with E-state index in [-0.39, 0.29) is 11.5 Å². The Bertz CT molecular complexity index is 547. The molecule has 0 aromatic heterocycles. The maximum absolute atomic E-state index is 11.5. The average molecular weight is 314 g/mol. The zero-order valence-corrected chi connectivity index (χ0v) is 12.8. The predicted molar refractivity (Wildman–Crippen MR) is 80.0 cm³/mol. The van der Waals surface area contributed by atoms with Gasteiger partial charge in [0.15, 0.2) is 0 Å². The second-order valence-electron chi connectivity index (χ2n) is 5.87. The van der Waals surface area contributed by atoms with Gasteiger partial charge in [0.1, 0.15) is 0 Å². The summed E-state index contributed by atoms with van der Waals surface area (Å²) in [6, 6.07) is 4.27. The summed E-state index contributed by atoms with van der Waals surface area (Å²) in [6.07, 6.45) is 4.36. The summed E-state index contributed by atoms with van der Waals surface area (Å²) in [6.45, 7) is 0. The molecule has 2 bridgehead atoms. The fourth-order valence-corrected chi connectivity index (χ4v) is 4.47. The average Bonchev–Trinajstić information content (AvgIpc) is 2.61. The van der Waals surface area contributed by atoms with Crippen LogP contribution in [-0.4, -0.2) is 35.1 Å². The van der Waals surface area contributed by atoms with Gasteiger partial charge < -0.3 is 10.0 Å². The first-order valence-electron chi connectivity index (χ1n) is 6.91. The highest BCUT2D eigenvalue weighted by molar-refractivity contribution is 6.35. The normalized spacial score (nSPS) is 29.6. The fourth-order valence-electron chi connectivity index (χ4n) is 3.82. The van der Waals surface area contributed by atoms with E-state index in [2.05, 4.69) is 11.9 Å². The molecular formula is C15H17Cl2NO2. The number of nitrogens with zero attached hydrogens (tertiary/aromatic N) is 1. The van der Waals surface area contributed by atoms with Crippen molar-refractivity contribution in [2.75, 3.05) is 7.05 Å². The summed E-state index contributed by atoms with van der Waals surface area (Å²) in [4.78, 5) is 13.9. The first kappa shape index (κ1) is 14.2. The third-order valence-corrected chi connectivity index (χ3v) is 5.36. The zero-order valence-electron chi connectivity index (χ0n) is 11.3. The van der Waals surface area contributed by atoms with Gasteiger partial charge in [0.25, 0.3) is 0 Å². The summed E-state index contributed by atoms with van der Waals surface area (Å²) in [5.41, 5.74) is 1.03.